The van der Waals surface area contributed by atoms with E-state index in [2.05, 4.69) is 18.3 Å². The van der Waals surface area contributed by atoms with Gasteiger partial charge in [-0.3, -0.25) is 0 Å². The van der Waals surface area contributed by atoms with E-state index in [1.54, 1.807) is 0 Å². The van der Waals surface area contributed by atoms with Gasteiger partial charge in [-0.15, -0.1) is 0 Å². The van der Waals surface area contributed by atoms with Gasteiger partial charge in [-0.05, 0) is 30.9 Å². The average Bonchev–Trinajstić information content (AvgIpc) is 2.38. The number of hydrogen-bond donors (Lipinski definition) is 1. The summed E-state index contributed by atoms with van der Waals surface area (Å²) >= 11 is 0. The van der Waals surface area contributed by atoms with Crippen molar-refractivity contribution in [3.05, 3.63) is 29.8 Å². The van der Waals surface area contributed by atoms with Crippen LogP contribution in [0.15, 0.2) is 24.3 Å². The Morgan fingerprint density at radius 3 is 3.12 bits per heavy atom. The van der Waals surface area contributed by atoms with Gasteiger partial charge in [0, 0.05) is 5.69 Å². The minimum absolute atomic E-state index is 0.118. The Hall–Kier alpha value is -1.51. The first-order valence-corrected chi connectivity index (χ1v) is 6.32. The fourth-order valence-electron chi connectivity index (χ4n) is 2.03. The monoisotopic (exact) mass is 233 g/mol. The van der Waals surface area contributed by atoms with Gasteiger partial charge in [-0.2, -0.15) is 0 Å². The number of nitrogens with one attached hydrogen (secondary N) is 1. The van der Waals surface area contributed by atoms with Crippen LogP contribution in [0.5, 0.6) is 0 Å². The van der Waals surface area contributed by atoms with Gasteiger partial charge in [-0.1, -0.05) is 31.5 Å². The fourth-order valence-corrected chi connectivity index (χ4v) is 2.03. The van der Waals surface area contributed by atoms with Crippen LogP contribution in [0, 0.1) is 0 Å². The topological polar surface area (TPSA) is 38.3 Å². The highest BCUT2D eigenvalue weighted by Crippen LogP contribution is 2.24. The lowest BCUT2D eigenvalue weighted by Gasteiger charge is -2.25. The van der Waals surface area contributed by atoms with Gasteiger partial charge in [0.2, 0.25) is 0 Å². The predicted octanol–water partition coefficient (Wildman–Crippen LogP) is 2.76. The molecule has 1 aromatic carbocycles. The zero-order valence-corrected chi connectivity index (χ0v) is 10.2. The molecule has 1 atom stereocenters. The Labute approximate surface area is 102 Å². The molecule has 0 saturated carbocycles. The van der Waals surface area contributed by atoms with Gasteiger partial charge in [-0.25, -0.2) is 4.79 Å². The summed E-state index contributed by atoms with van der Waals surface area (Å²) in [5.41, 5.74) is 2.35. The SMILES string of the molecule is CCCCOC(=O)[C@@H]1CCc2ccccc2N1. The minimum atomic E-state index is -0.179. The van der Waals surface area contributed by atoms with Gasteiger partial charge >= 0.3 is 5.97 Å². The number of carbonyl (C=O) groups is 1. The molecule has 0 aromatic heterocycles. The second-order valence-corrected chi connectivity index (χ2v) is 4.41. The molecular weight excluding hydrogens is 214 g/mol. The summed E-state index contributed by atoms with van der Waals surface area (Å²) in [4.78, 5) is 11.8. The number of anilines is 1. The number of carbonyl (C=O) groups excluding carboxylic acids is 1. The maximum Gasteiger partial charge on any atom is 0.328 e. The third-order valence-corrected chi connectivity index (χ3v) is 3.08. The van der Waals surface area contributed by atoms with Crippen LogP contribution in [0.25, 0.3) is 0 Å². The first-order valence-electron chi connectivity index (χ1n) is 6.32. The number of benzene rings is 1. The summed E-state index contributed by atoms with van der Waals surface area (Å²) in [7, 11) is 0. The minimum Gasteiger partial charge on any atom is -0.464 e. The van der Waals surface area contributed by atoms with E-state index in [0.29, 0.717) is 6.61 Å². The van der Waals surface area contributed by atoms with E-state index in [4.69, 9.17) is 4.74 Å². The van der Waals surface area contributed by atoms with E-state index < -0.39 is 0 Å². The normalized spacial score (nSPS) is 18.1. The first-order chi connectivity index (χ1) is 8.31. The Kier molecular flexibility index (Phi) is 4.02. The van der Waals surface area contributed by atoms with Crippen molar-refractivity contribution in [3.8, 4) is 0 Å². The summed E-state index contributed by atoms with van der Waals surface area (Å²) in [6, 6.07) is 7.94. The third kappa shape index (κ3) is 2.99. The molecule has 0 bridgehead atoms. The lowest BCUT2D eigenvalue weighted by Crippen LogP contribution is -2.35. The molecule has 1 aliphatic rings. The van der Waals surface area contributed by atoms with E-state index >= 15 is 0 Å². The van der Waals surface area contributed by atoms with Crippen LogP contribution in [0.3, 0.4) is 0 Å². The molecule has 3 heteroatoms. The molecule has 1 N–H and O–H groups in total. The van der Waals surface area contributed by atoms with Crippen molar-refractivity contribution in [1.29, 1.82) is 0 Å². The van der Waals surface area contributed by atoms with Crippen LogP contribution in [0.1, 0.15) is 31.7 Å². The van der Waals surface area contributed by atoms with Gasteiger partial charge in [0.15, 0.2) is 0 Å². The molecule has 0 amide bonds. The predicted molar refractivity (Wildman–Crippen MR) is 68.0 cm³/mol. The van der Waals surface area contributed by atoms with Crippen molar-refractivity contribution in [2.45, 2.75) is 38.6 Å². The van der Waals surface area contributed by atoms with Crippen LogP contribution in [-0.2, 0) is 16.0 Å². The van der Waals surface area contributed by atoms with Crippen LogP contribution in [0.2, 0.25) is 0 Å². The van der Waals surface area contributed by atoms with Gasteiger partial charge in [0.25, 0.3) is 0 Å². The smallest absolute Gasteiger partial charge is 0.328 e. The number of rotatable bonds is 4. The Balaban J connectivity index is 1.91. The van der Waals surface area contributed by atoms with Crippen molar-refractivity contribution < 1.29 is 9.53 Å². The maximum atomic E-state index is 11.8. The maximum absolute atomic E-state index is 11.8. The highest BCUT2D eigenvalue weighted by molar-refractivity contribution is 5.80. The van der Waals surface area contributed by atoms with Gasteiger partial charge in [0.05, 0.1) is 6.61 Å². The van der Waals surface area contributed by atoms with Crippen LogP contribution < -0.4 is 5.32 Å². The lowest BCUT2D eigenvalue weighted by molar-refractivity contribution is -0.144. The standard InChI is InChI=1S/C14H19NO2/c1-2-3-10-17-14(16)13-9-8-11-6-4-5-7-12(11)15-13/h4-7,13,15H,2-3,8-10H2,1H3/t13-/m0/s1. The van der Waals surface area contributed by atoms with Crippen molar-refractivity contribution in [2.75, 3.05) is 11.9 Å². The quantitative estimate of drug-likeness (QED) is 0.642. The molecule has 1 heterocycles. The number of unbranched alkanes of at least 4 members (excludes halogenated alkanes) is 1. The molecule has 0 saturated heterocycles. The molecule has 1 aromatic rings. The number of ether oxygens (including phenoxy) is 1. The molecule has 1 aliphatic heterocycles. The Morgan fingerprint density at radius 1 is 1.47 bits per heavy atom. The molecule has 0 spiro atoms. The van der Waals surface area contributed by atoms with Crippen LogP contribution in [-0.4, -0.2) is 18.6 Å². The fraction of sp³-hybridized carbons (Fsp3) is 0.500. The molecule has 0 radical (unpaired) electrons. The lowest BCUT2D eigenvalue weighted by atomic mass is 9.98. The summed E-state index contributed by atoms with van der Waals surface area (Å²) in [5, 5.41) is 3.25. The van der Waals surface area contributed by atoms with E-state index in [1.807, 2.05) is 18.2 Å². The summed E-state index contributed by atoms with van der Waals surface area (Å²) in [6.45, 7) is 2.62. The van der Waals surface area contributed by atoms with Crippen molar-refractivity contribution in [2.24, 2.45) is 0 Å². The van der Waals surface area contributed by atoms with Crippen molar-refractivity contribution in [3.63, 3.8) is 0 Å². The number of aryl methyl sites for hydroxylation is 1. The van der Waals surface area contributed by atoms with Crippen molar-refractivity contribution >= 4 is 11.7 Å². The zero-order valence-electron chi connectivity index (χ0n) is 10.2. The highest BCUT2D eigenvalue weighted by atomic mass is 16.5. The average molecular weight is 233 g/mol. The summed E-state index contributed by atoms with van der Waals surface area (Å²) in [6.07, 6.45) is 3.75. The number of fused-ring (bicyclic) bond motifs is 1. The van der Waals surface area contributed by atoms with E-state index in [0.717, 1.165) is 31.4 Å². The molecule has 92 valence electrons. The van der Waals surface area contributed by atoms with E-state index in [9.17, 15) is 4.79 Å². The molecular formula is C14H19NO2. The number of hydrogen-bond acceptors (Lipinski definition) is 3. The number of para-hydroxylation sites is 1. The number of esters is 1. The van der Waals surface area contributed by atoms with Gasteiger partial charge < -0.3 is 10.1 Å². The molecule has 0 unspecified atom stereocenters. The molecule has 3 nitrogen and oxygen atoms in total. The summed E-state index contributed by atoms with van der Waals surface area (Å²) in [5.74, 6) is -0.118. The van der Waals surface area contributed by atoms with Gasteiger partial charge in [0.1, 0.15) is 6.04 Å². The molecule has 17 heavy (non-hydrogen) atoms. The van der Waals surface area contributed by atoms with Crippen molar-refractivity contribution in [1.82, 2.24) is 0 Å². The second-order valence-electron chi connectivity index (χ2n) is 4.41. The summed E-state index contributed by atoms with van der Waals surface area (Å²) < 4.78 is 5.24. The van der Waals surface area contributed by atoms with E-state index in [-0.39, 0.29) is 12.0 Å². The van der Waals surface area contributed by atoms with Crippen LogP contribution >= 0.6 is 0 Å². The van der Waals surface area contributed by atoms with E-state index in [1.165, 1.54) is 5.56 Å². The molecule has 2 rings (SSSR count). The highest BCUT2D eigenvalue weighted by Gasteiger charge is 2.24. The Bertz CT molecular complexity index is 390. The third-order valence-electron chi connectivity index (χ3n) is 3.08. The molecule has 0 fully saturated rings. The largest absolute Gasteiger partial charge is 0.464 e. The first kappa shape index (κ1) is 12.0. The van der Waals surface area contributed by atoms with Crippen LogP contribution in [0.4, 0.5) is 5.69 Å². The zero-order chi connectivity index (χ0) is 12.1. The second kappa shape index (κ2) is 5.71. The molecule has 0 aliphatic carbocycles. The Morgan fingerprint density at radius 2 is 2.29 bits per heavy atom.